The van der Waals surface area contributed by atoms with E-state index in [1.54, 1.807) is 19.3 Å². The Labute approximate surface area is 151 Å². The van der Waals surface area contributed by atoms with Crippen molar-refractivity contribution in [2.24, 2.45) is 0 Å². The lowest BCUT2D eigenvalue weighted by Gasteiger charge is -2.32. The largest absolute Gasteiger partial charge is 0.338 e. The van der Waals surface area contributed by atoms with Crippen molar-refractivity contribution in [2.75, 3.05) is 18.4 Å². The number of carbonyl (C=O) groups is 1. The Balaban J connectivity index is 1.65. The quantitative estimate of drug-likeness (QED) is 0.828. The lowest BCUT2D eigenvalue weighted by molar-refractivity contribution is -0.128. The number of amides is 1. The lowest BCUT2D eigenvalue weighted by atomic mass is 9.94. The number of rotatable bonds is 5. The number of hydrogen-bond donors (Lipinski definition) is 1. The second kappa shape index (κ2) is 7.69. The van der Waals surface area contributed by atoms with Crippen LogP contribution in [-0.2, 0) is 11.2 Å². The molecule has 0 bridgehead atoms. The molecule has 0 radical (unpaired) electrons. The van der Waals surface area contributed by atoms with Crippen LogP contribution in [-0.4, -0.2) is 44.1 Å². The topological polar surface area (TPSA) is 83.9 Å². The molecule has 0 aliphatic carbocycles. The van der Waals surface area contributed by atoms with E-state index in [4.69, 9.17) is 0 Å². The van der Waals surface area contributed by atoms with Crippen molar-refractivity contribution < 1.29 is 4.79 Å². The highest BCUT2D eigenvalue weighted by Gasteiger charge is 2.26. The molecule has 1 unspecified atom stereocenters. The van der Waals surface area contributed by atoms with E-state index in [0.29, 0.717) is 17.9 Å². The Morgan fingerprint density at radius 3 is 2.88 bits per heavy atom. The van der Waals surface area contributed by atoms with Gasteiger partial charge in [-0.3, -0.25) is 9.78 Å². The number of piperidine rings is 1. The molecule has 0 spiro atoms. The second-order valence-corrected chi connectivity index (χ2v) is 7.24. The van der Waals surface area contributed by atoms with E-state index in [9.17, 15) is 4.79 Å². The molecule has 1 N–H and O–H groups in total. The van der Waals surface area contributed by atoms with E-state index in [1.807, 2.05) is 11.8 Å². The van der Waals surface area contributed by atoms with Crippen LogP contribution in [0.3, 0.4) is 0 Å². The molecule has 1 amide bonds. The third-order valence-electron chi connectivity index (χ3n) is 4.17. The Hall–Kier alpha value is -2.35. The van der Waals surface area contributed by atoms with Gasteiger partial charge in [0.1, 0.15) is 5.01 Å². The third-order valence-corrected chi connectivity index (χ3v) is 5.15. The zero-order chi connectivity index (χ0) is 17.8. The number of nitrogens with one attached hydrogen (secondary N) is 1. The molecule has 1 aliphatic rings. The number of hydrogen-bond acceptors (Lipinski definition) is 7. The standard InChI is InChI=1S/C17H22N6OS/c1-4-15-21-22-17(25-15)20-14-9-18-13(8-19-14)12-6-5-7-23(10-12)16(24)11(2)3/h8-9,12H,2,4-7,10H2,1,3H3,(H,19,20,22). The summed E-state index contributed by atoms with van der Waals surface area (Å²) in [4.78, 5) is 23.0. The van der Waals surface area contributed by atoms with Crippen molar-refractivity contribution in [3.63, 3.8) is 0 Å². The lowest BCUT2D eigenvalue weighted by Crippen LogP contribution is -2.39. The van der Waals surface area contributed by atoms with Crippen molar-refractivity contribution in [2.45, 2.75) is 39.0 Å². The summed E-state index contributed by atoms with van der Waals surface area (Å²) in [7, 11) is 0. The Kier molecular flexibility index (Phi) is 5.37. The minimum Gasteiger partial charge on any atom is -0.338 e. The summed E-state index contributed by atoms with van der Waals surface area (Å²) in [5, 5.41) is 13.0. The van der Waals surface area contributed by atoms with Gasteiger partial charge in [0, 0.05) is 24.6 Å². The van der Waals surface area contributed by atoms with Gasteiger partial charge in [-0.1, -0.05) is 24.8 Å². The molecule has 132 valence electrons. The first-order chi connectivity index (χ1) is 12.1. The van der Waals surface area contributed by atoms with Crippen LogP contribution in [0, 0.1) is 0 Å². The Bertz CT molecular complexity index is 757. The van der Waals surface area contributed by atoms with Crippen LogP contribution in [0.5, 0.6) is 0 Å². The van der Waals surface area contributed by atoms with Gasteiger partial charge in [0.2, 0.25) is 11.0 Å². The van der Waals surface area contributed by atoms with E-state index in [0.717, 1.165) is 41.6 Å². The van der Waals surface area contributed by atoms with Gasteiger partial charge < -0.3 is 10.2 Å². The average Bonchev–Trinajstić information content (AvgIpc) is 3.09. The summed E-state index contributed by atoms with van der Waals surface area (Å²) >= 11 is 1.51. The van der Waals surface area contributed by atoms with Crippen molar-refractivity contribution in [3.8, 4) is 0 Å². The van der Waals surface area contributed by atoms with Gasteiger partial charge in [-0.15, -0.1) is 10.2 Å². The molecule has 0 saturated carbocycles. The molecule has 2 aromatic heterocycles. The molecule has 3 rings (SSSR count). The first-order valence-corrected chi connectivity index (χ1v) is 9.24. The first-order valence-electron chi connectivity index (χ1n) is 8.43. The van der Waals surface area contributed by atoms with E-state index in [2.05, 4.69) is 32.1 Å². The highest BCUT2D eigenvalue weighted by atomic mass is 32.1. The molecular weight excluding hydrogens is 336 g/mol. The molecule has 2 aromatic rings. The molecule has 1 saturated heterocycles. The minimum atomic E-state index is 0.0268. The van der Waals surface area contributed by atoms with Crippen LogP contribution in [0.25, 0.3) is 0 Å². The predicted molar refractivity (Wildman–Crippen MR) is 98.0 cm³/mol. The SMILES string of the molecule is C=C(C)C(=O)N1CCCC(c2cnc(Nc3nnc(CC)s3)cn2)C1. The molecule has 1 atom stereocenters. The van der Waals surface area contributed by atoms with Gasteiger partial charge in [0.15, 0.2) is 5.82 Å². The van der Waals surface area contributed by atoms with Crippen LogP contribution in [0.2, 0.25) is 0 Å². The number of nitrogens with zero attached hydrogens (tertiary/aromatic N) is 5. The average molecular weight is 358 g/mol. The Morgan fingerprint density at radius 1 is 1.40 bits per heavy atom. The van der Waals surface area contributed by atoms with E-state index >= 15 is 0 Å². The van der Waals surface area contributed by atoms with Crippen LogP contribution < -0.4 is 5.32 Å². The van der Waals surface area contributed by atoms with Gasteiger partial charge in [-0.2, -0.15) is 0 Å². The van der Waals surface area contributed by atoms with E-state index in [1.165, 1.54) is 11.3 Å². The van der Waals surface area contributed by atoms with Crippen molar-refractivity contribution >= 4 is 28.2 Å². The minimum absolute atomic E-state index is 0.0268. The number of anilines is 2. The van der Waals surface area contributed by atoms with Crippen molar-refractivity contribution in [3.05, 3.63) is 35.2 Å². The molecule has 3 heterocycles. The van der Waals surface area contributed by atoms with Gasteiger partial charge in [-0.25, -0.2) is 4.98 Å². The summed E-state index contributed by atoms with van der Waals surface area (Å²) in [6.07, 6.45) is 6.34. The highest BCUT2D eigenvalue weighted by Crippen LogP contribution is 2.26. The zero-order valence-corrected chi connectivity index (χ0v) is 15.3. The molecule has 8 heteroatoms. The molecule has 0 aromatic carbocycles. The van der Waals surface area contributed by atoms with Gasteiger partial charge >= 0.3 is 0 Å². The van der Waals surface area contributed by atoms with Gasteiger partial charge in [0.25, 0.3) is 0 Å². The number of aryl methyl sites for hydroxylation is 1. The fourth-order valence-electron chi connectivity index (χ4n) is 2.84. The fraction of sp³-hybridized carbons (Fsp3) is 0.471. The molecule has 1 aliphatic heterocycles. The smallest absolute Gasteiger partial charge is 0.248 e. The molecule has 7 nitrogen and oxygen atoms in total. The monoisotopic (exact) mass is 358 g/mol. The maximum absolute atomic E-state index is 12.1. The van der Waals surface area contributed by atoms with Crippen LogP contribution in [0.15, 0.2) is 24.5 Å². The first kappa shape index (κ1) is 17.5. The summed E-state index contributed by atoms with van der Waals surface area (Å²) in [5.74, 6) is 0.888. The zero-order valence-electron chi connectivity index (χ0n) is 14.5. The highest BCUT2D eigenvalue weighted by molar-refractivity contribution is 7.15. The summed E-state index contributed by atoms with van der Waals surface area (Å²) in [6.45, 7) is 9.00. The molecular formula is C17H22N6OS. The Morgan fingerprint density at radius 2 is 2.24 bits per heavy atom. The summed E-state index contributed by atoms with van der Waals surface area (Å²) in [5.41, 5.74) is 1.49. The van der Waals surface area contributed by atoms with Gasteiger partial charge in [0.05, 0.1) is 18.1 Å². The maximum atomic E-state index is 12.1. The van der Waals surface area contributed by atoms with Crippen LogP contribution in [0.1, 0.15) is 43.3 Å². The maximum Gasteiger partial charge on any atom is 0.248 e. The number of likely N-dealkylation sites (tertiary alicyclic amines) is 1. The number of aromatic nitrogens is 4. The van der Waals surface area contributed by atoms with Gasteiger partial charge in [-0.05, 0) is 26.2 Å². The van der Waals surface area contributed by atoms with E-state index in [-0.39, 0.29) is 11.8 Å². The fourth-order valence-corrected chi connectivity index (χ4v) is 3.53. The predicted octanol–water partition coefficient (Wildman–Crippen LogP) is 2.92. The summed E-state index contributed by atoms with van der Waals surface area (Å²) < 4.78 is 0. The normalized spacial score (nSPS) is 17.4. The van der Waals surface area contributed by atoms with Crippen LogP contribution >= 0.6 is 11.3 Å². The van der Waals surface area contributed by atoms with Crippen molar-refractivity contribution in [1.29, 1.82) is 0 Å². The van der Waals surface area contributed by atoms with Crippen molar-refractivity contribution in [1.82, 2.24) is 25.1 Å². The molecule has 25 heavy (non-hydrogen) atoms. The second-order valence-electron chi connectivity index (χ2n) is 6.18. The summed E-state index contributed by atoms with van der Waals surface area (Å²) in [6, 6.07) is 0. The van der Waals surface area contributed by atoms with E-state index < -0.39 is 0 Å². The third kappa shape index (κ3) is 4.19. The molecule has 1 fully saturated rings. The van der Waals surface area contributed by atoms with Crippen LogP contribution in [0.4, 0.5) is 10.9 Å². The number of carbonyl (C=O) groups excluding carboxylic acids is 1.